The molecular weight excluding hydrogens is 194 g/mol. The molecule has 0 bridgehead atoms. The van der Waals surface area contributed by atoms with E-state index >= 15 is 0 Å². The molecule has 0 radical (unpaired) electrons. The van der Waals surface area contributed by atoms with Gasteiger partial charge in [-0.05, 0) is 32.7 Å². The van der Waals surface area contributed by atoms with Crippen molar-refractivity contribution in [3.63, 3.8) is 0 Å². The van der Waals surface area contributed by atoms with E-state index in [4.69, 9.17) is 9.47 Å². The molecule has 0 aromatic heterocycles. The first-order valence-corrected chi connectivity index (χ1v) is 5.79. The number of nitrogens with one attached hydrogen (secondary N) is 1. The molecule has 1 atom stereocenters. The van der Waals surface area contributed by atoms with Crippen LogP contribution in [0.15, 0.2) is 0 Å². The normalized spacial score (nSPS) is 18.3. The van der Waals surface area contributed by atoms with Gasteiger partial charge in [-0.3, -0.25) is 4.79 Å². The lowest BCUT2D eigenvalue weighted by Crippen LogP contribution is -2.43. The molecular formula is C11H21NO3. The van der Waals surface area contributed by atoms with Gasteiger partial charge >= 0.3 is 5.97 Å². The Balaban J connectivity index is 2.24. The highest BCUT2D eigenvalue weighted by Gasteiger charge is 2.23. The average molecular weight is 215 g/mol. The van der Waals surface area contributed by atoms with E-state index in [0.29, 0.717) is 19.3 Å². The maximum absolute atomic E-state index is 11.5. The first kappa shape index (κ1) is 12.5. The molecule has 1 fully saturated rings. The van der Waals surface area contributed by atoms with Crippen LogP contribution < -0.4 is 5.32 Å². The number of carbonyl (C=O) groups is 1. The lowest BCUT2D eigenvalue weighted by atomic mass is 9.96. The topological polar surface area (TPSA) is 47.6 Å². The Bertz CT molecular complexity index is 192. The van der Waals surface area contributed by atoms with Gasteiger partial charge in [0.05, 0.1) is 19.3 Å². The van der Waals surface area contributed by atoms with Crippen molar-refractivity contribution in [3.05, 3.63) is 0 Å². The molecule has 0 saturated heterocycles. The molecule has 15 heavy (non-hydrogen) atoms. The van der Waals surface area contributed by atoms with E-state index in [2.05, 4.69) is 5.32 Å². The molecule has 1 saturated carbocycles. The number of rotatable bonds is 7. The largest absolute Gasteiger partial charge is 0.465 e. The molecule has 0 spiro atoms. The van der Waals surface area contributed by atoms with Crippen molar-refractivity contribution < 1.29 is 14.3 Å². The molecule has 1 aliphatic carbocycles. The van der Waals surface area contributed by atoms with E-state index in [1.807, 2.05) is 13.8 Å². The fourth-order valence-corrected chi connectivity index (χ4v) is 1.47. The minimum Gasteiger partial charge on any atom is -0.465 e. The molecule has 1 rings (SSSR count). The molecule has 0 heterocycles. The summed E-state index contributed by atoms with van der Waals surface area (Å²) < 4.78 is 10.6. The fourth-order valence-electron chi connectivity index (χ4n) is 1.47. The predicted octanol–water partition coefficient (Wildman–Crippen LogP) is 1.10. The Morgan fingerprint density at radius 2 is 2.20 bits per heavy atom. The predicted molar refractivity (Wildman–Crippen MR) is 57.7 cm³/mol. The summed E-state index contributed by atoms with van der Waals surface area (Å²) in [7, 11) is 0. The van der Waals surface area contributed by atoms with Crippen molar-refractivity contribution in [1.82, 2.24) is 5.32 Å². The van der Waals surface area contributed by atoms with Crippen molar-refractivity contribution in [2.24, 2.45) is 0 Å². The molecule has 0 amide bonds. The summed E-state index contributed by atoms with van der Waals surface area (Å²) >= 11 is 0. The van der Waals surface area contributed by atoms with Crippen LogP contribution in [0.1, 0.15) is 33.1 Å². The minimum absolute atomic E-state index is 0.210. The first-order chi connectivity index (χ1) is 7.27. The Hall–Kier alpha value is -0.610. The van der Waals surface area contributed by atoms with E-state index in [-0.39, 0.29) is 12.0 Å². The van der Waals surface area contributed by atoms with Crippen LogP contribution in [0.5, 0.6) is 0 Å². The van der Waals surface area contributed by atoms with Crippen molar-refractivity contribution >= 4 is 5.97 Å². The standard InChI is InChI=1S/C11H21NO3/c1-3-12-10(11(13)14-4-2)8-15-9-6-5-7-9/h9-10,12H,3-8H2,1-2H3. The third kappa shape index (κ3) is 4.18. The number of hydrogen-bond acceptors (Lipinski definition) is 4. The fraction of sp³-hybridized carbons (Fsp3) is 0.909. The Kier molecular flexibility index (Phi) is 5.65. The Morgan fingerprint density at radius 3 is 2.67 bits per heavy atom. The van der Waals surface area contributed by atoms with E-state index < -0.39 is 0 Å². The van der Waals surface area contributed by atoms with Crippen LogP contribution in [0.2, 0.25) is 0 Å². The first-order valence-electron chi connectivity index (χ1n) is 5.79. The van der Waals surface area contributed by atoms with E-state index in [1.165, 1.54) is 6.42 Å². The van der Waals surface area contributed by atoms with Gasteiger partial charge in [-0.2, -0.15) is 0 Å². The summed E-state index contributed by atoms with van der Waals surface area (Å²) in [5.74, 6) is -0.210. The number of carbonyl (C=O) groups excluding carboxylic acids is 1. The second-order valence-corrected chi connectivity index (χ2v) is 3.75. The van der Waals surface area contributed by atoms with Crippen molar-refractivity contribution in [1.29, 1.82) is 0 Å². The number of ether oxygens (including phenoxy) is 2. The van der Waals surface area contributed by atoms with Crippen molar-refractivity contribution in [2.75, 3.05) is 19.8 Å². The summed E-state index contributed by atoms with van der Waals surface area (Å²) in [4.78, 5) is 11.5. The third-order valence-corrected chi connectivity index (χ3v) is 2.57. The van der Waals surface area contributed by atoms with Crippen LogP contribution in [0.4, 0.5) is 0 Å². The maximum atomic E-state index is 11.5. The van der Waals surface area contributed by atoms with Gasteiger partial charge in [-0.15, -0.1) is 0 Å². The van der Waals surface area contributed by atoms with Crippen LogP contribution in [-0.2, 0) is 14.3 Å². The van der Waals surface area contributed by atoms with Gasteiger partial charge in [0.1, 0.15) is 6.04 Å². The van der Waals surface area contributed by atoms with Gasteiger partial charge in [0.25, 0.3) is 0 Å². The number of hydrogen-bond donors (Lipinski definition) is 1. The van der Waals surface area contributed by atoms with Gasteiger partial charge in [0.15, 0.2) is 0 Å². The van der Waals surface area contributed by atoms with Gasteiger partial charge in [0.2, 0.25) is 0 Å². The Morgan fingerprint density at radius 1 is 1.47 bits per heavy atom. The quantitative estimate of drug-likeness (QED) is 0.646. The zero-order chi connectivity index (χ0) is 11.1. The molecule has 1 unspecified atom stereocenters. The second kappa shape index (κ2) is 6.80. The van der Waals surface area contributed by atoms with Crippen LogP contribution >= 0.6 is 0 Å². The lowest BCUT2D eigenvalue weighted by Gasteiger charge is -2.27. The highest BCUT2D eigenvalue weighted by Crippen LogP contribution is 2.21. The van der Waals surface area contributed by atoms with E-state index in [9.17, 15) is 4.79 Å². The van der Waals surface area contributed by atoms with Gasteiger partial charge in [0, 0.05) is 0 Å². The Labute approximate surface area is 91.3 Å². The summed E-state index contributed by atoms with van der Waals surface area (Å²) in [6, 6.07) is -0.310. The summed E-state index contributed by atoms with van der Waals surface area (Å²) in [5.41, 5.74) is 0. The van der Waals surface area contributed by atoms with E-state index in [0.717, 1.165) is 19.4 Å². The number of esters is 1. The van der Waals surface area contributed by atoms with Crippen LogP contribution in [0.25, 0.3) is 0 Å². The highest BCUT2D eigenvalue weighted by atomic mass is 16.5. The monoisotopic (exact) mass is 215 g/mol. The van der Waals surface area contributed by atoms with Gasteiger partial charge < -0.3 is 14.8 Å². The van der Waals surface area contributed by atoms with Crippen molar-refractivity contribution in [2.45, 2.75) is 45.3 Å². The summed E-state index contributed by atoms with van der Waals surface area (Å²) in [5, 5.41) is 3.07. The van der Waals surface area contributed by atoms with Gasteiger partial charge in [-0.1, -0.05) is 6.92 Å². The van der Waals surface area contributed by atoms with Crippen molar-refractivity contribution in [3.8, 4) is 0 Å². The molecule has 0 aromatic carbocycles. The average Bonchev–Trinajstić information content (AvgIpc) is 2.14. The molecule has 4 nitrogen and oxygen atoms in total. The van der Waals surface area contributed by atoms with E-state index in [1.54, 1.807) is 0 Å². The summed E-state index contributed by atoms with van der Waals surface area (Å²) in [6.07, 6.45) is 3.86. The zero-order valence-corrected chi connectivity index (χ0v) is 9.62. The highest BCUT2D eigenvalue weighted by molar-refractivity contribution is 5.75. The maximum Gasteiger partial charge on any atom is 0.325 e. The van der Waals surface area contributed by atoms with Crippen LogP contribution in [0, 0.1) is 0 Å². The summed E-state index contributed by atoms with van der Waals surface area (Å²) in [6.45, 7) is 5.38. The lowest BCUT2D eigenvalue weighted by molar-refractivity contribution is -0.148. The SMILES string of the molecule is CCNC(COC1CCC1)C(=O)OCC. The van der Waals surface area contributed by atoms with Gasteiger partial charge in [-0.25, -0.2) is 0 Å². The molecule has 0 aliphatic heterocycles. The minimum atomic E-state index is -0.310. The molecule has 1 N–H and O–H groups in total. The molecule has 4 heteroatoms. The smallest absolute Gasteiger partial charge is 0.325 e. The number of likely N-dealkylation sites (N-methyl/N-ethyl adjacent to an activating group) is 1. The van der Waals surface area contributed by atoms with Crippen LogP contribution in [0.3, 0.4) is 0 Å². The molecule has 0 aromatic rings. The zero-order valence-electron chi connectivity index (χ0n) is 9.62. The third-order valence-electron chi connectivity index (χ3n) is 2.57. The van der Waals surface area contributed by atoms with Crippen LogP contribution in [-0.4, -0.2) is 37.9 Å². The molecule has 88 valence electrons. The molecule has 1 aliphatic rings. The second-order valence-electron chi connectivity index (χ2n) is 3.75.